The lowest BCUT2D eigenvalue weighted by atomic mass is 10.1. The summed E-state index contributed by atoms with van der Waals surface area (Å²) >= 11 is 3.15. The molecule has 2 rings (SSSR count). The standard InChI is InChI=1S/C12H10BrFN2O/c1-7-5-11(16(2)15-7)12(17)9-4-3-8(13)6-10(9)14/h3-6H,1-2H3. The topological polar surface area (TPSA) is 34.9 Å². The van der Waals surface area contributed by atoms with E-state index in [4.69, 9.17) is 0 Å². The van der Waals surface area contributed by atoms with E-state index in [9.17, 15) is 9.18 Å². The van der Waals surface area contributed by atoms with Crippen molar-refractivity contribution >= 4 is 21.7 Å². The van der Waals surface area contributed by atoms with E-state index in [1.165, 1.54) is 16.8 Å². The molecular formula is C12H10BrFN2O. The maximum Gasteiger partial charge on any atom is 0.213 e. The first-order chi connectivity index (χ1) is 7.99. The van der Waals surface area contributed by atoms with Gasteiger partial charge in [-0.25, -0.2) is 4.39 Å². The van der Waals surface area contributed by atoms with Crippen LogP contribution in [-0.2, 0) is 7.05 Å². The van der Waals surface area contributed by atoms with Gasteiger partial charge < -0.3 is 0 Å². The number of ketones is 1. The van der Waals surface area contributed by atoms with Gasteiger partial charge in [-0.1, -0.05) is 15.9 Å². The second kappa shape index (κ2) is 4.41. The maximum absolute atomic E-state index is 13.6. The summed E-state index contributed by atoms with van der Waals surface area (Å²) in [6.07, 6.45) is 0. The molecule has 0 N–H and O–H groups in total. The van der Waals surface area contributed by atoms with Crippen LogP contribution in [0.4, 0.5) is 4.39 Å². The largest absolute Gasteiger partial charge is 0.287 e. The number of carbonyl (C=O) groups excluding carboxylic acids is 1. The van der Waals surface area contributed by atoms with E-state index >= 15 is 0 Å². The first-order valence-electron chi connectivity index (χ1n) is 4.99. The number of aromatic nitrogens is 2. The molecule has 0 saturated heterocycles. The van der Waals surface area contributed by atoms with Crippen molar-refractivity contribution in [3.8, 4) is 0 Å². The van der Waals surface area contributed by atoms with Crippen molar-refractivity contribution in [3.05, 3.63) is 51.5 Å². The molecule has 17 heavy (non-hydrogen) atoms. The molecule has 1 aromatic heterocycles. The van der Waals surface area contributed by atoms with Gasteiger partial charge in [0.1, 0.15) is 11.5 Å². The fourth-order valence-corrected chi connectivity index (χ4v) is 1.97. The summed E-state index contributed by atoms with van der Waals surface area (Å²) < 4.78 is 15.7. The third kappa shape index (κ3) is 2.29. The highest BCUT2D eigenvalue weighted by molar-refractivity contribution is 9.10. The number of aryl methyl sites for hydroxylation is 2. The Bertz CT molecular complexity index is 592. The smallest absolute Gasteiger partial charge is 0.213 e. The van der Waals surface area contributed by atoms with Gasteiger partial charge >= 0.3 is 0 Å². The molecule has 1 heterocycles. The molecule has 0 bridgehead atoms. The third-order valence-corrected chi connectivity index (χ3v) is 2.90. The van der Waals surface area contributed by atoms with Crippen LogP contribution in [0.25, 0.3) is 0 Å². The van der Waals surface area contributed by atoms with Gasteiger partial charge in [-0.05, 0) is 31.2 Å². The molecule has 0 aliphatic carbocycles. The van der Waals surface area contributed by atoms with E-state index < -0.39 is 5.82 Å². The summed E-state index contributed by atoms with van der Waals surface area (Å²) in [5, 5.41) is 4.07. The predicted octanol–water partition coefficient (Wildman–Crippen LogP) is 2.86. The van der Waals surface area contributed by atoms with Gasteiger partial charge in [0.25, 0.3) is 0 Å². The normalized spacial score (nSPS) is 10.6. The van der Waals surface area contributed by atoms with Gasteiger partial charge in [0, 0.05) is 11.5 Å². The Morgan fingerprint density at radius 3 is 2.65 bits per heavy atom. The highest BCUT2D eigenvalue weighted by Crippen LogP contribution is 2.18. The van der Waals surface area contributed by atoms with Crippen LogP contribution in [0.3, 0.4) is 0 Å². The quantitative estimate of drug-likeness (QED) is 0.799. The Balaban J connectivity index is 2.47. The highest BCUT2D eigenvalue weighted by atomic mass is 79.9. The SMILES string of the molecule is Cc1cc(C(=O)c2ccc(Br)cc2F)n(C)n1. The first-order valence-corrected chi connectivity index (χ1v) is 5.78. The molecule has 0 aliphatic heterocycles. The van der Waals surface area contributed by atoms with E-state index in [1.807, 2.05) is 0 Å². The Hall–Kier alpha value is -1.49. The Labute approximate surface area is 106 Å². The van der Waals surface area contributed by atoms with Crippen molar-refractivity contribution in [1.82, 2.24) is 9.78 Å². The van der Waals surface area contributed by atoms with Crippen LogP contribution >= 0.6 is 15.9 Å². The zero-order valence-electron chi connectivity index (χ0n) is 9.37. The van der Waals surface area contributed by atoms with Crippen LogP contribution in [0.2, 0.25) is 0 Å². The summed E-state index contributed by atoms with van der Waals surface area (Å²) in [7, 11) is 1.66. The third-order valence-electron chi connectivity index (χ3n) is 2.41. The lowest BCUT2D eigenvalue weighted by Gasteiger charge is -2.03. The van der Waals surface area contributed by atoms with Crippen molar-refractivity contribution < 1.29 is 9.18 Å². The van der Waals surface area contributed by atoms with Crippen LogP contribution in [-0.4, -0.2) is 15.6 Å². The molecule has 2 aromatic rings. The molecule has 0 aliphatic rings. The van der Waals surface area contributed by atoms with Crippen LogP contribution < -0.4 is 0 Å². The minimum atomic E-state index is -0.539. The van der Waals surface area contributed by atoms with Crippen LogP contribution in [0.15, 0.2) is 28.7 Å². The number of hydrogen-bond acceptors (Lipinski definition) is 2. The van der Waals surface area contributed by atoms with Crippen molar-refractivity contribution in [2.45, 2.75) is 6.92 Å². The molecule has 0 radical (unpaired) electrons. The average molecular weight is 297 g/mol. The predicted molar refractivity (Wildman–Crippen MR) is 65.5 cm³/mol. The van der Waals surface area contributed by atoms with Crippen molar-refractivity contribution in [2.24, 2.45) is 7.05 Å². The van der Waals surface area contributed by atoms with Gasteiger partial charge in [0.05, 0.1) is 11.3 Å². The molecule has 5 heteroatoms. The van der Waals surface area contributed by atoms with Gasteiger partial charge in [0.15, 0.2) is 0 Å². The Kier molecular flexibility index (Phi) is 3.11. The minimum absolute atomic E-state index is 0.0520. The van der Waals surface area contributed by atoms with Gasteiger partial charge in [-0.15, -0.1) is 0 Å². The summed E-state index contributed by atoms with van der Waals surface area (Å²) in [5.74, 6) is -0.902. The second-order valence-electron chi connectivity index (χ2n) is 3.75. The number of halogens is 2. The van der Waals surface area contributed by atoms with E-state index in [0.717, 1.165) is 5.69 Å². The monoisotopic (exact) mass is 296 g/mol. The molecule has 88 valence electrons. The lowest BCUT2D eigenvalue weighted by Crippen LogP contribution is -2.09. The molecule has 0 amide bonds. The molecule has 1 aromatic carbocycles. The first kappa shape index (κ1) is 12.0. The van der Waals surface area contributed by atoms with Gasteiger partial charge in [-0.3, -0.25) is 9.48 Å². The van der Waals surface area contributed by atoms with Crippen LogP contribution in [0, 0.1) is 12.7 Å². The highest BCUT2D eigenvalue weighted by Gasteiger charge is 2.17. The van der Waals surface area contributed by atoms with Gasteiger partial charge in [-0.2, -0.15) is 5.10 Å². The number of nitrogens with zero attached hydrogens (tertiary/aromatic N) is 2. The maximum atomic E-state index is 13.6. The van der Waals surface area contributed by atoms with E-state index in [2.05, 4.69) is 21.0 Å². The fourth-order valence-electron chi connectivity index (χ4n) is 1.63. The Morgan fingerprint density at radius 2 is 2.12 bits per heavy atom. The zero-order valence-corrected chi connectivity index (χ0v) is 11.0. The number of carbonyl (C=O) groups is 1. The van der Waals surface area contributed by atoms with Crippen molar-refractivity contribution in [2.75, 3.05) is 0 Å². The lowest BCUT2D eigenvalue weighted by molar-refractivity contribution is 0.102. The molecule has 0 fully saturated rings. The Morgan fingerprint density at radius 1 is 1.41 bits per heavy atom. The summed E-state index contributed by atoms with van der Waals surface area (Å²) in [4.78, 5) is 12.1. The van der Waals surface area contributed by atoms with Crippen LogP contribution in [0.5, 0.6) is 0 Å². The van der Waals surface area contributed by atoms with Gasteiger partial charge in [0.2, 0.25) is 5.78 Å². The molecular weight excluding hydrogens is 287 g/mol. The summed E-state index contributed by atoms with van der Waals surface area (Å²) in [5.41, 5.74) is 1.16. The van der Waals surface area contributed by atoms with E-state index in [-0.39, 0.29) is 11.3 Å². The summed E-state index contributed by atoms with van der Waals surface area (Å²) in [6, 6.07) is 6.02. The number of rotatable bonds is 2. The van der Waals surface area contributed by atoms with E-state index in [1.54, 1.807) is 26.1 Å². The number of hydrogen-bond donors (Lipinski definition) is 0. The molecule has 0 spiro atoms. The van der Waals surface area contributed by atoms with Crippen LogP contribution in [0.1, 0.15) is 21.7 Å². The average Bonchev–Trinajstić information content (AvgIpc) is 2.57. The fraction of sp³-hybridized carbons (Fsp3) is 0.167. The number of benzene rings is 1. The van der Waals surface area contributed by atoms with Crippen molar-refractivity contribution in [3.63, 3.8) is 0 Å². The minimum Gasteiger partial charge on any atom is -0.287 e. The van der Waals surface area contributed by atoms with Crippen molar-refractivity contribution in [1.29, 1.82) is 0 Å². The zero-order chi connectivity index (χ0) is 12.6. The molecule has 0 saturated carbocycles. The molecule has 0 atom stereocenters. The van der Waals surface area contributed by atoms with E-state index in [0.29, 0.717) is 10.2 Å². The summed E-state index contributed by atoms with van der Waals surface area (Å²) in [6.45, 7) is 1.79. The molecule has 0 unspecified atom stereocenters. The molecule has 3 nitrogen and oxygen atoms in total. The second-order valence-corrected chi connectivity index (χ2v) is 4.66.